The second kappa shape index (κ2) is 3.60. The monoisotopic (exact) mass is 218 g/mol. The number of hydrogen-bond acceptors (Lipinski definition) is 1. The van der Waals surface area contributed by atoms with Crippen molar-refractivity contribution in [2.24, 2.45) is 0 Å². The number of hydrogen-bond donors (Lipinski definition) is 0. The number of carbonyl (C=O) groups excluding carboxylic acids is 1. The fourth-order valence-corrected chi connectivity index (χ4v) is 3.15. The number of Topliss-reactive ketones (excluding diaryl/α,β-unsaturated/α-hetero) is 1. The third-order valence-electron chi connectivity index (χ3n) is 3.20. The fourth-order valence-electron chi connectivity index (χ4n) is 1.98. The van der Waals surface area contributed by atoms with Crippen LogP contribution in [0.2, 0.25) is 19.6 Å². The molecule has 0 aromatic heterocycles. The zero-order valence-electron chi connectivity index (χ0n) is 9.71. The average Bonchev–Trinajstić information content (AvgIpc) is 2.12. The molecule has 80 valence electrons. The quantitative estimate of drug-likeness (QED) is 0.698. The summed E-state index contributed by atoms with van der Waals surface area (Å²) in [4.78, 5) is 10.9. The molecule has 2 heteroatoms. The van der Waals surface area contributed by atoms with Gasteiger partial charge in [-0.15, -0.1) is 0 Å². The van der Waals surface area contributed by atoms with Crippen molar-refractivity contribution in [1.82, 2.24) is 0 Å². The lowest BCUT2D eigenvalue weighted by Gasteiger charge is -2.25. The molecule has 0 aliphatic heterocycles. The van der Waals surface area contributed by atoms with Gasteiger partial charge in [0.05, 0.1) is 8.07 Å². The standard InChI is InChI=1S/C13H18OSi/c1-15(2,3)13-6-4-10(5-7-13)11-8-12(14)9-11/h4-7,11H,8-9H2,1-3H3. The zero-order chi connectivity index (χ0) is 11.1. The van der Waals surface area contributed by atoms with Crippen LogP contribution in [-0.2, 0) is 4.79 Å². The zero-order valence-corrected chi connectivity index (χ0v) is 10.7. The van der Waals surface area contributed by atoms with Crippen molar-refractivity contribution in [3.8, 4) is 0 Å². The summed E-state index contributed by atoms with van der Waals surface area (Å²) in [5.41, 5.74) is 1.34. The average molecular weight is 218 g/mol. The molecule has 0 amide bonds. The Morgan fingerprint density at radius 1 is 1.07 bits per heavy atom. The van der Waals surface area contributed by atoms with E-state index >= 15 is 0 Å². The summed E-state index contributed by atoms with van der Waals surface area (Å²) in [6, 6.07) is 8.93. The maximum absolute atomic E-state index is 10.9. The maximum Gasteiger partial charge on any atom is 0.134 e. The molecular weight excluding hydrogens is 200 g/mol. The summed E-state index contributed by atoms with van der Waals surface area (Å²) in [6.45, 7) is 7.07. The lowest BCUT2D eigenvalue weighted by molar-refractivity contribution is -0.124. The fraction of sp³-hybridized carbons (Fsp3) is 0.462. The Labute approximate surface area is 92.5 Å². The van der Waals surface area contributed by atoms with Gasteiger partial charge in [0.1, 0.15) is 5.78 Å². The number of carbonyl (C=O) groups is 1. The normalized spacial score (nSPS) is 17.7. The molecule has 1 aliphatic rings. The highest BCUT2D eigenvalue weighted by atomic mass is 28.3. The Bertz CT molecular complexity index is 365. The lowest BCUT2D eigenvalue weighted by atomic mass is 9.79. The van der Waals surface area contributed by atoms with Crippen LogP contribution < -0.4 is 5.19 Å². The van der Waals surface area contributed by atoms with Gasteiger partial charge < -0.3 is 0 Å². The van der Waals surface area contributed by atoms with E-state index in [1.165, 1.54) is 10.8 Å². The van der Waals surface area contributed by atoms with Crippen molar-refractivity contribution in [3.63, 3.8) is 0 Å². The van der Waals surface area contributed by atoms with Crippen LogP contribution in [0.4, 0.5) is 0 Å². The SMILES string of the molecule is C[Si](C)(C)c1ccc(C2CC(=O)C2)cc1. The largest absolute Gasteiger partial charge is 0.300 e. The molecule has 1 fully saturated rings. The van der Waals surface area contributed by atoms with E-state index in [0.29, 0.717) is 11.7 Å². The van der Waals surface area contributed by atoms with Crippen LogP contribution in [0.1, 0.15) is 24.3 Å². The van der Waals surface area contributed by atoms with Crippen LogP contribution in [0.3, 0.4) is 0 Å². The molecule has 1 nitrogen and oxygen atoms in total. The first-order valence-corrected chi connectivity index (χ1v) is 9.09. The summed E-state index contributed by atoms with van der Waals surface area (Å²) >= 11 is 0. The van der Waals surface area contributed by atoms with Gasteiger partial charge >= 0.3 is 0 Å². The second-order valence-corrected chi connectivity index (χ2v) is 10.6. The van der Waals surface area contributed by atoms with Crippen LogP contribution in [0.25, 0.3) is 0 Å². The van der Waals surface area contributed by atoms with Crippen molar-refractivity contribution in [1.29, 1.82) is 0 Å². The van der Waals surface area contributed by atoms with Gasteiger partial charge in [-0.3, -0.25) is 4.79 Å². The Balaban J connectivity index is 2.14. The minimum absolute atomic E-state index is 0.411. The van der Waals surface area contributed by atoms with Crippen molar-refractivity contribution >= 4 is 19.0 Å². The molecule has 0 atom stereocenters. The molecule has 0 saturated heterocycles. The van der Waals surface area contributed by atoms with E-state index in [0.717, 1.165) is 12.8 Å². The van der Waals surface area contributed by atoms with Gasteiger partial charge in [-0.1, -0.05) is 49.1 Å². The predicted octanol–water partition coefficient (Wildman–Crippen LogP) is 2.68. The van der Waals surface area contributed by atoms with E-state index in [1.54, 1.807) is 0 Å². The molecule has 0 spiro atoms. The van der Waals surface area contributed by atoms with Gasteiger partial charge in [0.25, 0.3) is 0 Å². The Morgan fingerprint density at radius 3 is 2.00 bits per heavy atom. The van der Waals surface area contributed by atoms with E-state index < -0.39 is 8.07 Å². The first-order valence-electron chi connectivity index (χ1n) is 5.59. The molecule has 1 aromatic rings. The van der Waals surface area contributed by atoms with E-state index in [1.807, 2.05) is 0 Å². The molecule has 0 bridgehead atoms. The van der Waals surface area contributed by atoms with Gasteiger partial charge in [0.15, 0.2) is 0 Å². The van der Waals surface area contributed by atoms with Gasteiger partial charge in [-0.25, -0.2) is 0 Å². The summed E-state index contributed by atoms with van der Waals surface area (Å²) in [5, 5.41) is 1.50. The second-order valence-electron chi connectivity index (χ2n) is 5.52. The molecule has 0 heterocycles. The predicted molar refractivity (Wildman–Crippen MR) is 66.4 cm³/mol. The molecular formula is C13H18OSi. The Kier molecular flexibility index (Phi) is 2.55. The van der Waals surface area contributed by atoms with Crippen molar-refractivity contribution in [3.05, 3.63) is 29.8 Å². The van der Waals surface area contributed by atoms with Crippen LogP contribution >= 0.6 is 0 Å². The summed E-state index contributed by atoms with van der Waals surface area (Å²) in [7, 11) is -1.16. The number of rotatable bonds is 2. The highest BCUT2D eigenvalue weighted by Crippen LogP contribution is 2.33. The van der Waals surface area contributed by atoms with Crippen LogP contribution in [-0.4, -0.2) is 13.9 Å². The third-order valence-corrected chi connectivity index (χ3v) is 5.26. The van der Waals surface area contributed by atoms with Crippen LogP contribution in [0.5, 0.6) is 0 Å². The summed E-state index contributed by atoms with van der Waals surface area (Å²) in [6.07, 6.45) is 1.51. The van der Waals surface area contributed by atoms with E-state index in [2.05, 4.69) is 43.9 Å². The highest BCUT2D eigenvalue weighted by Gasteiger charge is 2.28. The highest BCUT2D eigenvalue weighted by molar-refractivity contribution is 6.88. The van der Waals surface area contributed by atoms with Gasteiger partial charge in [-0.05, 0) is 11.5 Å². The van der Waals surface area contributed by atoms with E-state index in [9.17, 15) is 4.79 Å². The molecule has 1 aromatic carbocycles. The first kappa shape index (κ1) is 10.6. The molecule has 1 saturated carbocycles. The van der Waals surface area contributed by atoms with E-state index in [4.69, 9.17) is 0 Å². The number of ketones is 1. The maximum atomic E-state index is 10.9. The molecule has 0 unspecified atom stereocenters. The molecule has 1 aliphatic carbocycles. The lowest BCUT2D eigenvalue weighted by Crippen LogP contribution is -2.37. The van der Waals surface area contributed by atoms with Gasteiger partial charge in [0.2, 0.25) is 0 Å². The van der Waals surface area contributed by atoms with Gasteiger partial charge in [0, 0.05) is 12.8 Å². The minimum atomic E-state index is -1.16. The van der Waals surface area contributed by atoms with Gasteiger partial charge in [-0.2, -0.15) is 0 Å². The summed E-state index contributed by atoms with van der Waals surface area (Å²) in [5.74, 6) is 0.919. The molecule has 0 N–H and O–H groups in total. The minimum Gasteiger partial charge on any atom is -0.300 e. The van der Waals surface area contributed by atoms with Crippen molar-refractivity contribution < 1.29 is 4.79 Å². The molecule has 2 rings (SSSR count). The third kappa shape index (κ3) is 2.20. The van der Waals surface area contributed by atoms with Crippen molar-refractivity contribution in [2.75, 3.05) is 0 Å². The molecule has 0 radical (unpaired) electrons. The number of benzene rings is 1. The Morgan fingerprint density at radius 2 is 1.60 bits per heavy atom. The smallest absolute Gasteiger partial charge is 0.134 e. The Hall–Kier alpha value is -0.893. The van der Waals surface area contributed by atoms with Crippen molar-refractivity contribution in [2.45, 2.75) is 38.4 Å². The summed E-state index contributed by atoms with van der Waals surface area (Å²) < 4.78 is 0. The topological polar surface area (TPSA) is 17.1 Å². The first-order chi connectivity index (χ1) is 6.97. The van der Waals surface area contributed by atoms with Crippen LogP contribution in [0.15, 0.2) is 24.3 Å². The van der Waals surface area contributed by atoms with E-state index in [-0.39, 0.29) is 0 Å². The van der Waals surface area contributed by atoms with Crippen LogP contribution in [0, 0.1) is 0 Å². The molecule has 15 heavy (non-hydrogen) atoms.